The number of benzene rings is 4. The van der Waals surface area contributed by atoms with Gasteiger partial charge in [-0.1, -0.05) is 48.5 Å². The van der Waals surface area contributed by atoms with Crippen LogP contribution in [0.5, 0.6) is 23.0 Å². The molecular formula is C28H24INO4. The van der Waals surface area contributed by atoms with Crippen LogP contribution < -0.4 is 19.5 Å². The number of carbonyl (C=O) groups excluding carboxylic acids is 1. The third kappa shape index (κ3) is 6.29. The van der Waals surface area contributed by atoms with E-state index in [-0.39, 0.29) is 5.91 Å². The lowest BCUT2D eigenvalue weighted by Gasteiger charge is -2.16. The predicted molar refractivity (Wildman–Crippen MR) is 142 cm³/mol. The molecule has 4 aromatic rings. The Hall–Kier alpha value is -3.52. The fourth-order valence-corrected chi connectivity index (χ4v) is 4.02. The van der Waals surface area contributed by atoms with Gasteiger partial charge in [0.2, 0.25) is 0 Å². The lowest BCUT2D eigenvalue weighted by molar-refractivity contribution is 0.102. The van der Waals surface area contributed by atoms with Crippen LogP contribution in [0.15, 0.2) is 97.1 Å². The normalized spacial score (nSPS) is 10.4. The molecule has 0 heterocycles. The first-order valence-corrected chi connectivity index (χ1v) is 12.0. The van der Waals surface area contributed by atoms with Gasteiger partial charge in [0.25, 0.3) is 5.91 Å². The Labute approximate surface area is 212 Å². The maximum Gasteiger partial charge on any atom is 0.255 e. The van der Waals surface area contributed by atoms with Crippen molar-refractivity contribution in [3.8, 4) is 23.0 Å². The van der Waals surface area contributed by atoms with E-state index in [9.17, 15) is 4.79 Å². The molecule has 0 bridgehead atoms. The fraction of sp³-hybridized carbons (Fsp3) is 0.107. The highest BCUT2D eigenvalue weighted by Gasteiger charge is 2.16. The van der Waals surface area contributed by atoms with Gasteiger partial charge in [-0.2, -0.15) is 0 Å². The molecule has 0 saturated carbocycles. The Morgan fingerprint density at radius 1 is 0.824 bits per heavy atom. The molecule has 0 radical (unpaired) electrons. The zero-order chi connectivity index (χ0) is 23.8. The number of nitrogens with one attached hydrogen (secondary N) is 1. The van der Waals surface area contributed by atoms with Crippen molar-refractivity contribution in [3.05, 3.63) is 112 Å². The van der Waals surface area contributed by atoms with Gasteiger partial charge in [0.15, 0.2) is 11.5 Å². The molecule has 1 amide bonds. The minimum atomic E-state index is -0.231. The molecule has 0 fully saturated rings. The first kappa shape index (κ1) is 23.6. The molecule has 0 aliphatic heterocycles. The average molecular weight is 565 g/mol. The van der Waals surface area contributed by atoms with Crippen LogP contribution in [-0.4, -0.2) is 12.5 Å². The first-order chi connectivity index (χ1) is 16.6. The summed E-state index contributed by atoms with van der Waals surface area (Å²) >= 11 is 2.17. The molecule has 0 spiro atoms. The molecule has 0 aliphatic carbocycles. The Balaban J connectivity index is 1.45. The van der Waals surface area contributed by atoms with Crippen LogP contribution in [0.2, 0.25) is 0 Å². The highest BCUT2D eigenvalue weighted by Crippen LogP contribution is 2.35. The molecule has 0 aromatic heterocycles. The molecule has 0 atom stereocenters. The van der Waals surface area contributed by atoms with Crippen LogP contribution in [0.1, 0.15) is 22.8 Å². The Morgan fingerprint density at radius 2 is 1.47 bits per heavy atom. The van der Waals surface area contributed by atoms with Gasteiger partial charge in [-0.25, -0.2) is 0 Å². The second-order valence-electron chi connectivity index (χ2n) is 7.39. The monoisotopic (exact) mass is 565 g/mol. The number of amides is 1. The van der Waals surface area contributed by atoms with Crippen molar-refractivity contribution in [1.29, 1.82) is 0 Å². The second-order valence-corrected chi connectivity index (χ2v) is 8.55. The standard InChI is InChI=1S/C28H24INO4/c1-2-32-26-18-21(17-25(29)27(26)33-19-20-9-5-3-6-10-20)28(31)30-22-13-15-24(16-14-22)34-23-11-7-4-8-12-23/h3-18H,2,19H2,1H3,(H,30,31). The van der Waals surface area contributed by atoms with Gasteiger partial charge in [-0.3, -0.25) is 4.79 Å². The van der Waals surface area contributed by atoms with Crippen molar-refractivity contribution in [1.82, 2.24) is 0 Å². The van der Waals surface area contributed by atoms with E-state index in [1.54, 1.807) is 12.1 Å². The largest absolute Gasteiger partial charge is 0.490 e. The molecule has 0 unspecified atom stereocenters. The van der Waals surface area contributed by atoms with E-state index in [0.717, 1.165) is 14.9 Å². The minimum Gasteiger partial charge on any atom is -0.490 e. The highest BCUT2D eigenvalue weighted by atomic mass is 127. The Kier molecular flexibility index (Phi) is 8.04. The van der Waals surface area contributed by atoms with E-state index in [2.05, 4.69) is 27.9 Å². The molecule has 0 aliphatic rings. The maximum atomic E-state index is 12.9. The van der Waals surface area contributed by atoms with Crippen LogP contribution >= 0.6 is 22.6 Å². The van der Waals surface area contributed by atoms with Crippen molar-refractivity contribution in [2.75, 3.05) is 11.9 Å². The SMILES string of the molecule is CCOc1cc(C(=O)Nc2ccc(Oc3ccccc3)cc2)cc(I)c1OCc1ccccc1. The van der Waals surface area contributed by atoms with Gasteiger partial charge in [0.05, 0.1) is 10.2 Å². The zero-order valence-electron chi connectivity index (χ0n) is 18.7. The number of carbonyl (C=O) groups is 1. The summed E-state index contributed by atoms with van der Waals surface area (Å²) in [5.41, 5.74) is 2.22. The van der Waals surface area contributed by atoms with Crippen LogP contribution in [0, 0.1) is 3.57 Å². The van der Waals surface area contributed by atoms with Crippen LogP contribution in [0.4, 0.5) is 5.69 Å². The summed E-state index contributed by atoms with van der Waals surface area (Å²) in [5.74, 6) is 2.39. The Morgan fingerprint density at radius 3 is 2.15 bits per heavy atom. The van der Waals surface area contributed by atoms with Gasteiger partial charge in [-0.15, -0.1) is 0 Å². The molecule has 5 nitrogen and oxygen atoms in total. The van der Waals surface area contributed by atoms with E-state index >= 15 is 0 Å². The van der Waals surface area contributed by atoms with E-state index in [1.807, 2.05) is 91.9 Å². The fourth-order valence-electron chi connectivity index (χ4n) is 3.27. The van der Waals surface area contributed by atoms with Crippen molar-refractivity contribution in [2.45, 2.75) is 13.5 Å². The number of para-hydroxylation sites is 1. The third-order valence-corrected chi connectivity index (χ3v) is 5.69. The van der Waals surface area contributed by atoms with Crippen molar-refractivity contribution in [2.24, 2.45) is 0 Å². The summed E-state index contributed by atoms with van der Waals surface area (Å²) in [6, 6.07) is 30.2. The molecule has 1 N–H and O–H groups in total. The summed E-state index contributed by atoms with van der Waals surface area (Å²) in [4.78, 5) is 12.9. The predicted octanol–water partition coefficient (Wildman–Crippen LogP) is 7.31. The molecule has 6 heteroatoms. The van der Waals surface area contributed by atoms with E-state index < -0.39 is 0 Å². The number of hydrogen-bond acceptors (Lipinski definition) is 4. The maximum absolute atomic E-state index is 12.9. The molecule has 4 rings (SSSR count). The van der Waals surface area contributed by atoms with Crippen molar-refractivity contribution >= 4 is 34.2 Å². The average Bonchev–Trinajstić information content (AvgIpc) is 2.86. The first-order valence-electron chi connectivity index (χ1n) is 10.9. The van der Waals surface area contributed by atoms with Crippen LogP contribution in [-0.2, 0) is 6.61 Å². The molecule has 0 saturated heterocycles. The van der Waals surface area contributed by atoms with E-state index in [0.29, 0.717) is 41.7 Å². The third-order valence-electron chi connectivity index (χ3n) is 4.89. The Bertz CT molecular complexity index is 1230. The lowest BCUT2D eigenvalue weighted by atomic mass is 10.1. The molecule has 4 aromatic carbocycles. The van der Waals surface area contributed by atoms with Crippen molar-refractivity contribution in [3.63, 3.8) is 0 Å². The van der Waals surface area contributed by atoms with Crippen LogP contribution in [0.3, 0.4) is 0 Å². The van der Waals surface area contributed by atoms with Gasteiger partial charge < -0.3 is 19.5 Å². The van der Waals surface area contributed by atoms with Gasteiger partial charge in [-0.05, 0) is 83.6 Å². The minimum absolute atomic E-state index is 0.231. The topological polar surface area (TPSA) is 56.8 Å². The lowest BCUT2D eigenvalue weighted by Crippen LogP contribution is -2.13. The molecular weight excluding hydrogens is 541 g/mol. The molecule has 34 heavy (non-hydrogen) atoms. The summed E-state index contributed by atoms with van der Waals surface area (Å²) in [7, 11) is 0. The number of rotatable bonds is 9. The number of anilines is 1. The van der Waals surface area contributed by atoms with Gasteiger partial charge in [0.1, 0.15) is 18.1 Å². The number of ether oxygens (including phenoxy) is 3. The number of halogens is 1. The summed E-state index contributed by atoms with van der Waals surface area (Å²) in [6.45, 7) is 2.78. The van der Waals surface area contributed by atoms with Gasteiger partial charge >= 0.3 is 0 Å². The highest BCUT2D eigenvalue weighted by molar-refractivity contribution is 14.1. The zero-order valence-corrected chi connectivity index (χ0v) is 20.8. The molecule has 172 valence electrons. The quantitative estimate of drug-likeness (QED) is 0.216. The smallest absolute Gasteiger partial charge is 0.255 e. The van der Waals surface area contributed by atoms with Crippen molar-refractivity contribution < 1.29 is 19.0 Å². The summed E-state index contributed by atoms with van der Waals surface area (Å²) < 4.78 is 18.4. The van der Waals surface area contributed by atoms with E-state index in [4.69, 9.17) is 14.2 Å². The van der Waals surface area contributed by atoms with Gasteiger partial charge in [0, 0.05) is 11.3 Å². The summed E-state index contributed by atoms with van der Waals surface area (Å²) in [6.07, 6.45) is 0. The number of hydrogen-bond donors (Lipinski definition) is 1. The van der Waals surface area contributed by atoms with E-state index in [1.165, 1.54) is 0 Å². The second kappa shape index (κ2) is 11.6. The summed E-state index contributed by atoms with van der Waals surface area (Å²) in [5, 5.41) is 2.93. The van der Waals surface area contributed by atoms with Crippen LogP contribution in [0.25, 0.3) is 0 Å².